The quantitative estimate of drug-likeness (QED) is 0.173. The van der Waals surface area contributed by atoms with E-state index in [9.17, 15) is 35.5 Å². The van der Waals surface area contributed by atoms with Crippen molar-refractivity contribution in [3.63, 3.8) is 0 Å². The molecule has 3 aromatic rings. The summed E-state index contributed by atoms with van der Waals surface area (Å²) in [6.45, 7) is 0. The molecule has 2 bridgehead atoms. The van der Waals surface area contributed by atoms with Crippen molar-refractivity contribution >= 4 is 17.7 Å². The van der Waals surface area contributed by atoms with Crippen molar-refractivity contribution < 1.29 is 40.3 Å². The lowest BCUT2D eigenvalue weighted by molar-refractivity contribution is -0.137. The van der Waals surface area contributed by atoms with Gasteiger partial charge in [0.25, 0.3) is 5.91 Å². The van der Waals surface area contributed by atoms with Gasteiger partial charge in [0.1, 0.15) is 11.9 Å². The molecule has 0 radical (unpaired) electrons. The summed E-state index contributed by atoms with van der Waals surface area (Å²) in [5.41, 5.74) is 0.221. The van der Waals surface area contributed by atoms with Gasteiger partial charge in [-0.3, -0.25) is 4.79 Å². The number of carbonyl (C=O) groups excluding carboxylic acids is 1. The minimum Gasteiger partial charge on any atom is -0.490 e. The minimum atomic E-state index is -4.47. The zero-order valence-corrected chi connectivity index (χ0v) is 21.1. The third kappa shape index (κ3) is 5.73. The molecule has 1 amide bonds. The average Bonchev–Trinajstić information content (AvgIpc) is 3.17. The van der Waals surface area contributed by atoms with Crippen LogP contribution in [-0.4, -0.2) is 29.0 Å². The first-order chi connectivity index (χ1) is 18.5. The molecule has 0 N–H and O–H groups in total. The molecule has 2 saturated heterocycles. The number of hydrogen-bond donors (Lipinski definition) is 0. The Labute approximate surface area is 224 Å². The van der Waals surface area contributed by atoms with E-state index in [1.807, 2.05) is 0 Å². The van der Waals surface area contributed by atoms with Crippen molar-refractivity contribution in [2.45, 2.75) is 60.7 Å². The molecule has 2 aliphatic rings. The molecule has 5 rings (SSSR count). The van der Waals surface area contributed by atoms with Gasteiger partial charge in [0.2, 0.25) is 0 Å². The fourth-order valence-corrected chi connectivity index (χ4v) is 6.17. The number of hydrogen-bond acceptors (Lipinski definition) is 3. The van der Waals surface area contributed by atoms with E-state index in [1.54, 1.807) is 29.2 Å². The number of rotatable bonds is 6. The van der Waals surface area contributed by atoms with Gasteiger partial charge in [-0.25, -0.2) is 17.6 Å². The number of carbonyl (C=O) groups is 1. The molecule has 11 heteroatoms. The Balaban J connectivity index is 1.21. The summed E-state index contributed by atoms with van der Waals surface area (Å²) < 4.78 is 99.7. The van der Waals surface area contributed by atoms with Crippen molar-refractivity contribution in [3.8, 4) is 5.75 Å². The predicted octanol–water partition coefficient (Wildman–Crippen LogP) is 7.77. The topological polar surface area (TPSA) is 29.5 Å². The molecule has 2 atom stereocenters. The second kappa shape index (κ2) is 10.7. The van der Waals surface area contributed by atoms with Crippen LogP contribution in [0.3, 0.4) is 0 Å². The van der Waals surface area contributed by atoms with Crippen LogP contribution in [0, 0.1) is 23.3 Å². The van der Waals surface area contributed by atoms with Crippen molar-refractivity contribution in [3.05, 3.63) is 94.6 Å². The molecule has 206 valence electrons. The fourth-order valence-electron chi connectivity index (χ4n) is 5.22. The van der Waals surface area contributed by atoms with Crippen LogP contribution in [0.15, 0.2) is 59.5 Å². The number of nitrogens with zero attached hydrogens (tertiary/aromatic N) is 1. The van der Waals surface area contributed by atoms with Gasteiger partial charge in [-0.2, -0.15) is 13.2 Å². The van der Waals surface area contributed by atoms with Gasteiger partial charge < -0.3 is 9.64 Å². The summed E-state index contributed by atoms with van der Waals surface area (Å²) in [4.78, 5) is 14.4. The van der Waals surface area contributed by atoms with Crippen LogP contribution in [0.4, 0.5) is 30.7 Å². The Kier molecular flexibility index (Phi) is 7.54. The van der Waals surface area contributed by atoms with Gasteiger partial charge in [-0.05, 0) is 48.7 Å². The Hall–Kier alpha value is -3.21. The highest BCUT2D eigenvalue weighted by Gasteiger charge is 2.44. The number of halogens is 7. The lowest BCUT2D eigenvalue weighted by Gasteiger charge is -2.39. The number of fused-ring (bicyclic) bond motifs is 2. The average molecular weight is 570 g/mol. The van der Waals surface area contributed by atoms with E-state index in [1.165, 1.54) is 12.1 Å². The molecular formula is C28H22F7NO2S. The summed E-state index contributed by atoms with van der Waals surface area (Å²) >= 11 is 0.610. The number of thioether (sulfide) groups is 1. The summed E-state index contributed by atoms with van der Waals surface area (Å²) in [6.07, 6.45) is -2.28. The van der Waals surface area contributed by atoms with Crippen LogP contribution in [0.1, 0.15) is 47.2 Å². The maximum atomic E-state index is 13.9. The Morgan fingerprint density at radius 2 is 1.51 bits per heavy atom. The zero-order valence-electron chi connectivity index (χ0n) is 20.3. The molecule has 0 aliphatic carbocycles. The number of alkyl halides is 3. The largest absolute Gasteiger partial charge is 0.490 e. The van der Waals surface area contributed by atoms with Crippen LogP contribution in [0.25, 0.3) is 0 Å². The van der Waals surface area contributed by atoms with Crippen molar-refractivity contribution in [2.75, 3.05) is 0 Å². The Morgan fingerprint density at radius 3 is 2.10 bits per heavy atom. The van der Waals surface area contributed by atoms with Crippen LogP contribution >= 0.6 is 11.8 Å². The predicted molar refractivity (Wildman–Crippen MR) is 130 cm³/mol. The van der Waals surface area contributed by atoms with Gasteiger partial charge in [0, 0.05) is 42.3 Å². The Bertz CT molecular complexity index is 1340. The third-order valence-electron chi connectivity index (χ3n) is 7.04. The molecule has 0 aromatic heterocycles. The van der Waals surface area contributed by atoms with Crippen molar-refractivity contribution in [1.82, 2.24) is 4.90 Å². The molecule has 2 fully saturated rings. The smallest absolute Gasteiger partial charge is 0.416 e. The van der Waals surface area contributed by atoms with Gasteiger partial charge in [-0.15, -0.1) is 11.8 Å². The monoisotopic (exact) mass is 569 g/mol. The molecule has 0 spiro atoms. The fraction of sp³-hybridized carbons (Fsp3) is 0.321. The second-order valence-electron chi connectivity index (χ2n) is 9.62. The summed E-state index contributed by atoms with van der Waals surface area (Å²) in [5, 5.41) is 0. The van der Waals surface area contributed by atoms with Crippen LogP contribution in [0.2, 0.25) is 0 Å². The Morgan fingerprint density at radius 1 is 0.897 bits per heavy atom. The molecule has 2 heterocycles. The van der Waals surface area contributed by atoms with E-state index in [2.05, 4.69) is 0 Å². The van der Waals surface area contributed by atoms with Crippen LogP contribution in [0.5, 0.6) is 5.75 Å². The molecule has 0 saturated carbocycles. The first kappa shape index (κ1) is 27.4. The zero-order chi connectivity index (χ0) is 27.9. The second-order valence-corrected chi connectivity index (χ2v) is 10.6. The number of amides is 1. The van der Waals surface area contributed by atoms with Crippen molar-refractivity contribution in [2.24, 2.45) is 0 Å². The highest BCUT2D eigenvalue weighted by Crippen LogP contribution is 2.39. The van der Waals surface area contributed by atoms with E-state index in [-0.39, 0.29) is 41.7 Å². The van der Waals surface area contributed by atoms with E-state index < -0.39 is 39.9 Å². The maximum Gasteiger partial charge on any atom is 0.416 e. The SMILES string of the molecule is O=C(c1ccc(CSc2c(F)c(F)cc(F)c2F)cc1)N1C2CCC1CC(Oc1cccc(C(F)(F)F)c1)C2. The van der Waals surface area contributed by atoms with Crippen LogP contribution in [-0.2, 0) is 11.9 Å². The lowest BCUT2D eigenvalue weighted by atomic mass is 9.98. The number of ether oxygens (including phenoxy) is 1. The summed E-state index contributed by atoms with van der Waals surface area (Å²) in [5.74, 6) is -5.89. The van der Waals surface area contributed by atoms with Gasteiger partial charge in [0.05, 0.1) is 10.5 Å². The molecule has 39 heavy (non-hydrogen) atoms. The highest BCUT2D eigenvalue weighted by atomic mass is 32.2. The highest BCUT2D eigenvalue weighted by molar-refractivity contribution is 7.98. The first-order valence-electron chi connectivity index (χ1n) is 12.2. The van der Waals surface area contributed by atoms with E-state index in [4.69, 9.17) is 4.74 Å². The first-order valence-corrected chi connectivity index (χ1v) is 13.2. The standard InChI is InChI=1S/C28H22F7NO2S/c29-22-13-23(30)25(32)26(24(22)31)39-14-15-4-6-16(7-5-15)27(37)36-18-8-9-19(36)12-21(11-18)38-20-3-1-2-17(10-20)28(33,34)35/h1-7,10,13,18-19,21H,8-9,11-12,14H2. The summed E-state index contributed by atoms with van der Waals surface area (Å²) in [6, 6.07) is 11.1. The van der Waals surface area contributed by atoms with Crippen molar-refractivity contribution in [1.29, 1.82) is 0 Å². The molecule has 3 aromatic carbocycles. The number of benzene rings is 3. The van der Waals surface area contributed by atoms with E-state index in [0.29, 0.717) is 35.7 Å². The maximum absolute atomic E-state index is 13.9. The molecular weight excluding hydrogens is 547 g/mol. The summed E-state index contributed by atoms with van der Waals surface area (Å²) in [7, 11) is 0. The lowest BCUT2D eigenvalue weighted by Crippen LogP contribution is -2.49. The third-order valence-corrected chi connectivity index (χ3v) is 8.17. The van der Waals surface area contributed by atoms with Gasteiger partial charge in [-0.1, -0.05) is 18.2 Å². The minimum absolute atomic E-state index is 0.0225. The van der Waals surface area contributed by atoms with Gasteiger partial charge in [0.15, 0.2) is 23.3 Å². The molecule has 3 nitrogen and oxygen atoms in total. The molecule has 2 unspecified atom stereocenters. The molecule has 2 aliphatic heterocycles. The van der Waals surface area contributed by atoms with Crippen LogP contribution < -0.4 is 4.74 Å². The normalized spacial score (nSPS) is 20.8. The van der Waals surface area contributed by atoms with Gasteiger partial charge >= 0.3 is 6.18 Å². The van der Waals surface area contributed by atoms with E-state index in [0.717, 1.165) is 25.0 Å². The number of piperidine rings is 1. The van der Waals surface area contributed by atoms with E-state index >= 15 is 0 Å².